The number of carbonyl (C=O) groups excluding carboxylic acids is 1. The number of nitrogens with zero attached hydrogens (tertiary/aromatic N) is 4. The molecule has 1 aliphatic rings. The first-order valence-electron chi connectivity index (χ1n) is 12.9. The Morgan fingerprint density at radius 1 is 1.03 bits per heavy atom. The lowest BCUT2D eigenvalue weighted by atomic mass is 10.0. The number of rotatable bonds is 13. The maximum absolute atomic E-state index is 12.3. The molecule has 3 N–H and O–H groups in total. The van der Waals surface area contributed by atoms with Crippen LogP contribution in [0.3, 0.4) is 0 Å². The van der Waals surface area contributed by atoms with Crippen LogP contribution in [0, 0.1) is 0 Å². The van der Waals surface area contributed by atoms with Gasteiger partial charge in [0.15, 0.2) is 6.29 Å². The fourth-order valence-electron chi connectivity index (χ4n) is 4.22. The summed E-state index contributed by atoms with van der Waals surface area (Å²) in [7, 11) is 1.79. The van der Waals surface area contributed by atoms with Crippen LogP contribution in [-0.2, 0) is 32.7 Å². The lowest BCUT2D eigenvalue weighted by Gasteiger charge is -2.36. The molecular weight excluding hydrogens is 522 g/mol. The van der Waals surface area contributed by atoms with Gasteiger partial charge in [0.25, 0.3) is 0 Å². The van der Waals surface area contributed by atoms with Gasteiger partial charge in [-0.2, -0.15) is 0 Å². The number of amides is 1. The van der Waals surface area contributed by atoms with Gasteiger partial charge in [-0.05, 0) is 46.5 Å². The number of carboxylic acid groups (broad SMARTS) is 1. The van der Waals surface area contributed by atoms with Crippen LogP contribution in [-0.4, -0.2) is 54.2 Å². The van der Waals surface area contributed by atoms with Crippen molar-refractivity contribution in [3.8, 4) is 0 Å². The van der Waals surface area contributed by atoms with Crippen molar-refractivity contribution in [2.45, 2.75) is 68.8 Å². The first-order chi connectivity index (χ1) is 18.9. The molecule has 2 aromatic carbocycles. The number of thioether (sulfide) groups is 1. The van der Waals surface area contributed by atoms with E-state index in [2.05, 4.69) is 20.8 Å². The average Bonchev–Trinajstić information content (AvgIpc) is 3.36. The second-order valence-corrected chi connectivity index (χ2v) is 10.4. The zero-order valence-corrected chi connectivity index (χ0v) is 22.5. The number of hydrogen-bond donors (Lipinski definition) is 3. The Balaban J connectivity index is 1.38. The van der Waals surface area contributed by atoms with Crippen molar-refractivity contribution < 1.29 is 29.3 Å². The van der Waals surface area contributed by atoms with Crippen molar-refractivity contribution >= 4 is 29.3 Å². The summed E-state index contributed by atoms with van der Waals surface area (Å²) in [6.45, 7) is -0.0177. The second-order valence-electron chi connectivity index (χ2n) is 9.37. The topological polar surface area (TPSA) is 149 Å². The van der Waals surface area contributed by atoms with Gasteiger partial charge in [-0.15, -0.1) is 5.10 Å². The first-order valence-corrected chi connectivity index (χ1v) is 13.9. The van der Waals surface area contributed by atoms with E-state index in [1.54, 1.807) is 11.7 Å². The number of unbranched alkanes of at least 4 members (excludes halogenated alkanes) is 2. The Morgan fingerprint density at radius 2 is 1.74 bits per heavy atom. The SMILES string of the molecule is Cn1nnnc1SCC1CC(c2ccc(CO)cc2)OC(c2ccc(NC(=O)CCCCCC(=O)O)cc2)O1. The summed E-state index contributed by atoms with van der Waals surface area (Å²) >= 11 is 1.52. The summed E-state index contributed by atoms with van der Waals surface area (Å²) in [4.78, 5) is 22.9. The zero-order valence-electron chi connectivity index (χ0n) is 21.7. The number of aryl methyl sites for hydroxylation is 1. The van der Waals surface area contributed by atoms with E-state index in [9.17, 15) is 14.7 Å². The van der Waals surface area contributed by atoms with E-state index in [-0.39, 0.29) is 31.1 Å². The molecule has 0 aliphatic carbocycles. The van der Waals surface area contributed by atoms with E-state index in [0.29, 0.717) is 48.7 Å². The Kier molecular flexibility index (Phi) is 10.4. The molecule has 12 heteroatoms. The molecule has 1 amide bonds. The van der Waals surface area contributed by atoms with E-state index in [0.717, 1.165) is 16.7 Å². The Bertz CT molecular complexity index is 1220. The third kappa shape index (κ3) is 8.59. The van der Waals surface area contributed by atoms with E-state index in [4.69, 9.17) is 14.6 Å². The van der Waals surface area contributed by atoms with Gasteiger partial charge in [0.1, 0.15) is 0 Å². The summed E-state index contributed by atoms with van der Waals surface area (Å²) < 4.78 is 14.3. The van der Waals surface area contributed by atoms with Crippen molar-refractivity contribution in [3.63, 3.8) is 0 Å². The molecule has 1 aromatic heterocycles. The van der Waals surface area contributed by atoms with E-state index in [1.165, 1.54) is 11.8 Å². The predicted octanol–water partition coefficient (Wildman–Crippen LogP) is 4.01. The van der Waals surface area contributed by atoms with Crippen molar-refractivity contribution in [1.82, 2.24) is 20.2 Å². The molecule has 3 unspecified atom stereocenters. The number of hydrogen-bond acceptors (Lipinski definition) is 9. The van der Waals surface area contributed by atoms with Crippen molar-refractivity contribution in [3.05, 3.63) is 65.2 Å². The maximum atomic E-state index is 12.3. The average molecular weight is 556 g/mol. The van der Waals surface area contributed by atoms with Crippen LogP contribution in [0.25, 0.3) is 0 Å². The fraction of sp³-hybridized carbons (Fsp3) is 0.444. The highest BCUT2D eigenvalue weighted by Crippen LogP contribution is 2.39. The molecule has 11 nitrogen and oxygen atoms in total. The maximum Gasteiger partial charge on any atom is 0.303 e. The Labute approximate surface area is 230 Å². The number of aromatic nitrogens is 4. The Hall–Kier alpha value is -3.32. The van der Waals surface area contributed by atoms with Crippen LogP contribution in [0.1, 0.15) is 67.6 Å². The second kappa shape index (κ2) is 14.2. The van der Waals surface area contributed by atoms with Gasteiger partial charge in [0.2, 0.25) is 11.1 Å². The number of benzene rings is 2. The summed E-state index contributed by atoms with van der Waals surface area (Å²) in [6.07, 6.45) is 2.08. The highest BCUT2D eigenvalue weighted by molar-refractivity contribution is 7.99. The number of carbonyl (C=O) groups is 2. The summed E-state index contributed by atoms with van der Waals surface area (Å²) in [6, 6.07) is 15.1. The first kappa shape index (κ1) is 28.7. The zero-order chi connectivity index (χ0) is 27.6. The minimum Gasteiger partial charge on any atom is -0.481 e. The van der Waals surface area contributed by atoms with Crippen LogP contribution in [0.15, 0.2) is 53.7 Å². The molecule has 0 radical (unpaired) electrons. The molecule has 0 bridgehead atoms. The molecule has 0 spiro atoms. The molecule has 3 aromatic rings. The lowest BCUT2D eigenvalue weighted by Crippen LogP contribution is -2.31. The number of tetrazole rings is 1. The molecule has 208 valence electrons. The molecule has 39 heavy (non-hydrogen) atoms. The minimum absolute atomic E-state index is 0.0177. The number of ether oxygens (including phenoxy) is 2. The van der Waals surface area contributed by atoms with Gasteiger partial charge in [-0.3, -0.25) is 9.59 Å². The minimum atomic E-state index is -0.816. The number of aliphatic hydroxyl groups is 1. The van der Waals surface area contributed by atoms with Crippen LogP contribution >= 0.6 is 11.8 Å². The van der Waals surface area contributed by atoms with Crippen molar-refractivity contribution in [2.75, 3.05) is 11.1 Å². The van der Waals surface area contributed by atoms with E-state index in [1.807, 2.05) is 48.5 Å². The molecule has 0 saturated carbocycles. The summed E-state index contributed by atoms with van der Waals surface area (Å²) in [5, 5.41) is 33.3. The summed E-state index contributed by atoms with van der Waals surface area (Å²) in [5.74, 6) is -0.283. The van der Waals surface area contributed by atoms with Crippen LogP contribution in [0.5, 0.6) is 0 Å². The van der Waals surface area contributed by atoms with Gasteiger partial charge in [0, 0.05) is 43.3 Å². The highest BCUT2D eigenvalue weighted by Gasteiger charge is 2.32. The monoisotopic (exact) mass is 555 g/mol. The van der Waals surface area contributed by atoms with Crippen LogP contribution in [0.2, 0.25) is 0 Å². The lowest BCUT2D eigenvalue weighted by molar-refractivity contribution is -0.245. The van der Waals surface area contributed by atoms with Crippen molar-refractivity contribution in [2.24, 2.45) is 7.05 Å². The van der Waals surface area contributed by atoms with Gasteiger partial charge in [-0.25, -0.2) is 4.68 Å². The number of anilines is 1. The predicted molar refractivity (Wildman–Crippen MR) is 144 cm³/mol. The standard InChI is InChI=1S/C27H33N5O6S/c1-32-27(29-30-31-32)39-17-22-15-23(19-9-7-18(16-33)8-10-19)38-26(37-22)20-11-13-21(14-12-20)28-24(34)5-3-2-4-6-25(35)36/h7-14,22-23,26,33H,2-6,15-17H2,1H3,(H,28,34)(H,35,36). The highest BCUT2D eigenvalue weighted by atomic mass is 32.2. The number of aliphatic hydroxyl groups excluding tert-OH is 1. The van der Waals surface area contributed by atoms with E-state index < -0.39 is 12.3 Å². The van der Waals surface area contributed by atoms with Crippen LogP contribution in [0.4, 0.5) is 5.69 Å². The molecule has 2 heterocycles. The molecule has 1 saturated heterocycles. The third-order valence-electron chi connectivity index (χ3n) is 6.36. The normalized spacial score (nSPS) is 19.1. The van der Waals surface area contributed by atoms with Gasteiger partial charge in [-0.1, -0.05) is 54.6 Å². The summed E-state index contributed by atoms with van der Waals surface area (Å²) in [5.41, 5.74) is 3.34. The molecule has 4 rings (SSSR count). The largest absolute Gasteiger partial charge is 0.481 e. The van der Waals surface area contributed by atoms with Gasteiger partial charge in [0.05, 0.1) is 18.8 Å². The molecular formula is C27H33N5O6S. The fourth-order valence-corrected chi connectivity index (χ4v) is 5.09. The molecule has 1 fully saturated rings. The smallest absolute Gasteiger partial charge is 0.303 e. The molecule has 3 atom stereocenters. The molecule has 1 aliphatic heterocycles. The van der Waals surface area contributed by atoms with Crippen molar-refractivity contribution in [1.29, 1.82) is 0 Å². The Morgan fingerprint density at radius 3 is 2.41 bits per heavy atom. The third-order valence-corrected chi connectivity index (χ3v) is 7.50. The number of carboxylic acids is 1. The quantitative estimate of drug-likeness (QED) is 0.209. The number of aliphatic carboxylic acids is 1. The van der Waals surface area contributed by atoms with Gasteiger partial charge >= 0.3 is 5.97 Å². The number of nitrogens with one attached hydrogen (secondary N) is 1. The van der Waals surface area contributed by atoms with Gasteiger partial charge < -0.3 is 25.0 Å². The van der Waals surface area contributed by atoms with Crippen LogP contribution < -0.4 is 5.32 Å². The van der Waals surface area contributed by atoms with E-state index >= 15 is 0 Å².